The number of carbonyl (C=O) groups is 1. The van der Waals surface area contributed by atoms with Crippen LogP contribution in [0.25, 0.3) is 0 Å². The minimum absolute atomic E-state index is 0.0290. The highest BCUT2D eigenvalue weighted by Gasteiger charge is 2.23. The molecule has 3 atom stereocenters. The van der Waals surface area contributed by atoms with E-state index in [2.05, 4.69) is 5.32 Å². The van der Waals surface area contributed by atoms with Crippen LogP contribution in [0, 0.1) is 5.92 Å². The lowest BCUT2D eigenvalue weighted by Gasteiger charge is -2.14. The van der Waals surface area contributed by atoms with Gasteiger partial charge < -0.3 is 20.9 Å². The van der Waals surface area contributed by atoms with E-state index in [1.807, 2.05) is 0 Å². The molecule has 1 amide bonds. The van der Waals surface area contributed by atoms with E-state index in [0.29, 0.717) is 25.4 Å². The van der Waals surface area contributed by atoms with Crippen LogP contribution in [-0.4, -0.2) is 43.4 Å². The number of hydrogen-bond donors (Lipinski definition) is 3. The molecule has 0 heterocycles. The number of carbonyl (C=O) groups excluding carboxylic acids is 1. The normalized spacial score (nSPS) is 26.7. The number of aliphatic hydroxyl groups is 1. The van der Waals surface area contributed by atoms with Crippen molar-refractivity contribution in [2.24, 2.45) is 11.7 Å². The Hall–Kier alpha value is -0.650. The van der Waals surface area contributed by atoms with Gasteiger partial charge in [-0.3, -0.25) is 4.79 Å². The summed E-state index contributed by atoms with van der Waals surface area (Å²) in [5, 5.41) is 12.2. The van der Waals surface area contributed by atoms with E-state index in [0.717, 1.165) is 19.3 Å². The Balaban J connectivity index is 2.14. The third-order valence-corrected chi connectivity index (χ3v) is 3.11. The minimum Gasteiger partial charge on any atom is -0.393 e. The van der Waals surface area contributed by atoms with Crippen molar-refractivity contribution in [2.75, 3.05) is 20.2 Å². The Kier molecular flexibility index (Phi) is 5.73. The average Bonchev–Trinajstić information content (AvgIpc) is 2.69. The Morgan fingerprint density at radius 2 is 2.38 bits per heavy atom. The molecule has 3 unspecified atom stereocenters. The molecule has 5 heteroatoms. The number of aliphatic hydroxyl groups excluding tert-OH is 1. The predicted octanol–water partition coefficient (Wildman–Crippen LogP) is -0.373. The van der Waals surface area contributed by atoms with Crippen molar-refractivity contribution in [1.82, 2.24) is 5.32 Å². The van der Waals surface area contributed by atoms with Gasteiger partial charge in [0.2, 0.25) is 5.91 Å². The molecule has 0 aromatic heterocycles. The van der Waals surface area contributed by atoms with Crippen LogP contribution < -0.4 is 11.1 Å². The van der Waals surface area contributed by atoms with E-state index >= 15 is 0 Å². The first-order valence-corrected chi connectivity index (χ1v) is 5.83. The van der Waals surface area contributed by atoms with E-state index in [-0.39, 0.29) is 18.1 Å². The number of rotatable bonds is 6. The summed E-state index contributed by atoms with van der Waals surface area (Å²) in [5.74, 6) is 0.386. The topological polar surface area (TPSA) is 84.6 Å². The summed E-state index contributed by atoms with van der Waals surface area (Å²) in [5.41, 5.74) is 5.43. The Bertz CT molecular complexity index is 219. The summed E-state index contributed by atoms with van der Waals surface area (Å²) < 4.78 is 5.03. The summed E-state index contributed by atoms with van der Waals surface area (Å²) in [6.45, 7) is 1.00. The molecule has 0 spiro atoms. The molecule has 1 fully saturated rings. The van der Waals surface area contributed by atoms with E-state index in [9.17, 15) is 9.90 Å². The van der Waals surface area contributed by atoms with Gasteiger partial charge in [0.25, 0.3) is 0 Å². The van der Waals surface area contributed by atoms with Gasteiger partial charge >= 0.3 is 0 Å². The second kappa shape index (κ2) is 6.83. The molecular weight excluding hydrogens is 208 g/mol. The Labute approximate surface area is 96.3 Å². The van der Waals surface area contributed by atoms with E-state index < -0.39 is 0 Å². The van der Waals surface area contributed by atoms with Crippen molar-refractivity contribution in [3.8, 4) is 0 Å². The molecule has 0 bridgehead atoms. The van der Waals surface area contributed by atoms with Gasteiger partial charge in [0.05, 0.1) is 18.6 Å². The number of ether oxygens (including phenoxy) is 1. The summed E-state index contributed by atoms with van der Waals surface area (Å²) >= 11 is 0. The van der Waals surface area contributed by atoms with Crippen molar-refractivity contribution in [2.45, 2.75) is 37.9 Å². The fourth-order valence-electron chi connectivity index (χ4n) is 2.03. The van der Waals surface area contributed by atoms with Crippen LogP contribution >= 0.6 is 0 Å². The maximum atomic E-state index is 11.5. The predicted molar refractivity (Wildman–Crippen MR) is 60.8 cm³/mol. The van der Waals surface area contributed by atoms with Gasteiger partial charge in [-0.15, -0.1) is 0 Å². The van der Waals surface area contributed by atoms with Crippen molar-refractivity contribution in [3.05, 3.63) is 0 Å². The number of nitrogens with one attached hydrogen (secondary N) is 1. The second-order valence-corrected chi connectivity index (χ2v) is 4.43. The highest BCUT2D eigenvalue weighted by Crippen LogP contribution is 2.24. The van der Waals surface area contributed by atoms with Gasteiger partial charge in [0.1, 0.15) is 0 Å². The lowest BCUT2D eigenvalue weighted by atomic mass is 10.1. The molecule has 0 saturated heterocycles. The van der Waals surface area contributed by atoms with Crippen LogP contribution in [0.4, 0.5) is 0 Å². The molecule has 94 valence electrons. The van der Waals surface area contributed by atoms with Crippen LogP contribution in [0.2, 0.25) is 0 Å². The molecule has 0 radical (unpaired) electrons. The fourth-order valence-corrected chi connectivity index (χ4v) is 2.03. The number of nitrogens with two attached hydrogens (primary N) is 1. The SMILES string of the molecule is COC(CN)CC(=O)NCC1CCC(O)C1. The maximum Gasteiger partial charge on any atom is 0.222 e. The molecule has 0 aromatic rings. The molecule has 1 saturated carbocycles. The Morgan fingerprint density at radius 1 is 1.62 bits per heavy atom. The van der Waals surface area contributed by atoms with E-state index in [1.54, 1.807) is 7.11 Å². The molecule has 1 aliphatic rings. The fraction of sp³-hybridized carbons (Fsp3) is 0.909. The van der Waals surface area contributed by atoms with Crippen molar-refractivity contribution >= 4 is 5.91 Å². The molecule has 1 rings (SSSR count). The molecule has 0 aliphatic heterocycles. The number of amides is 1. The summed E-state index contributed by atoms with van der Waals surface area (Å²) in [6.07, 6.45) is 2.57. The summed E-state index contributed by atoms with van der Waals surface area (Å²) in [4.78, 5) is 11.5. The van der Waals surface area contributed by atoms with Crippen LogP contribution in [-0.2, 0) is 9.53 Å². The lowest BCUT2D eigenvalue weighted by molar-refractivity contribution is -0.123. The highest BCUT2D eigenvalue weighted by molar-refractivity contribution is 5.76. The third kappa shape index (κ3) is 4.47. The number of methoxy groups -OCH3 is 1. The van der Waals surface area contributed by atoms with Gasteiger partial charge in [0, 0.05) is 20.2 Å². The second-order valence-electron chi connectivity index (χ2n) is 4.43. The Morgan fingerprint density at radius 3 is 2.88 bits per heavy atom. The first-order valence-electron chi connectivity index (χ1n) is 5.83. The zero-order valence-electron chi connectivity index (χ0n) is 9.82. The third-order valence-electron chi connectivity index (χ3n) is 3.11. The maximum absolute atomic E-state index is 11.5. The van der Waals surface area contributed by atoms with Crippen molar-refractivity contribution in [1.29, 1.82) is 0 Å². The zero-order valence-corrected chi connectivity index (χ0v) is 9.82. The van der Waals surface area contributed by atoms with E-state index in [4.69, 9.17) is 10.5 Å². The van der Waals surface area contributed by atoms with Crippen LogP contribution in [0.5, 0.6) is 0 Å². The standard InChI is InChI=1S/C11H22N2O3/c1-16-10(6-12)5-11(15)13-7-8-2-3-9(14)4-8/h8-10,14H,2-7,12H2,1H3,(H,13,15). The van der Waals surface area contributed by atoms with Crippen LogP contribution in [0.1, 0.15) is 25.7 Å². The van der Waals surface area contributed by atoms with E-state index in [1.165, 1.54) is 0 Å². The van der Waals surface area contributed by atoms with Gasteiger partial charge in [-0.25, -0.2) is 0 Å². The average molecular weight is 230 g/mol. The van der Waals surface area contributed by atoms with Crippen LogP contribution in [0.15, 0.2) is 0 Å². The quantitative estimate of drug-likeness (QED) is 0.581. The molecule has 4 N–H and O–H groups in total. The zero-order chi connectivity index (χ0) is 12.0. The molecule has 16 heavy (non-hydrogen) atoms. The number of hydrogen-bond acceptors (Lipinski definition) is 4. The smallest absolute Gasteiger partial charge is 0.222 e. The summed E-state index contributed by atoms with van der Waals surface area (Å²) in [7, 11) is 1.55. The van der Waals surface area contributed by atoms with Crippen LogP contribution in [0.3, 0.4) is 0 Å². The molecular formula is C11H22N2O3. The van der Waals surface area contributed by atoms with Crippen molar-refractivity contribution in [3.63, 3.8) is 0 Å². The van der Waals surface area contributed by atoms with Gasteiger partial charge in [0.15, 0.2) is 0 Å². The largest absolute Gasteiger partial charge is 0.393 e. The monoisotopic (exact) mass is 230 g/mol. The van der Waals surface area contributed by atoms with Gasteiger partial charge in [-0.1, -0.05) is 0 Å². The van der Waals surface area contributed by atoms with Gasteiger partial charge in [-0.05, 0) is 25.2 Å². The summed E-state index contributed by atoms with van der Waals surface area (Å²) in [6, 6.07) is 0. The first-order chi connectivity index (χ1) is 7.65. The highest BCUT2D eigenvalue weighted by atomic mass is 16.5. The van der Waals surface area contributed by atoms with Crippen molar-refractivity contribution < 1.29 is 14.6 Å². The molecule has 1 aliphatic carbocycles. The molecule has 5 nitrogen and oxygen atoms in total. The minimum atomic E-state index is -0.200. The molecule has 0 aromatic carbocycles. The first kappa shape index (κ1) is 13.4. The lowest BCUT2D eigenvalue weighted by Crippen LogP contribution is -2.34. The van der Waals surface area contributed by atoms with Gasteiger partial charge in [-0.2, -0.15) is 0 Å².